The maximum Gasteiger partial charge on any atom is 0.481 e. The monoisotopic (exact) mass is 673 g/mol. The molecule has 2 bridgehead atoms. The van der Waals surface area contributed by atoms with Gasteiger partial charge in [0, 0.05) is 23.4 Å². The highest BCUT2D eigenvalue weighted by Gasteiger charge is 2.68. The van der Waals surface area contributed by atoms with Crippen LogP contribution in [0, 0.1) is 39.2 Å². The summed E-state index contributed by atoms with van der Waals surface area (Å²) in [4.78, 5) is 41.4. The number of nitrogens with one attached hydrogen (secondary N) is 2. The Morgan fingerprint density at radius 2 is 1.95 bits per heavy atom. The Bertz CT molecular complexity index is 1270. The van der Waals surface area contributed by atoms with E-state index in [1.54, 1.807) is 6.08 Å². The van der Waals surface area contributed by atoms with E-state index in [0.717, 1.165) is 22.9 Å². The largest absolute Gasteiger partial charge is 0.481 e. The third-order valence-corrected chi connectivity index (χ3v) is 10.2. The number of nitro groups is 1. The number of hydrogen-bond donors (Lipinski definition) is 3. The van der Waals surface area contributed by atoms with Crippen LogP contribution in [0.3, 0.4) is 0 Å². The molecule has 0 spiro atoms. The van der Waals surface area contributed by atoms with Gasteiger partial charge in [0.2, 0.25) is 5.91 Å². The van der Waals surface area contributed by atoms with Gasteiger partial charge in [0.1, 0.15) is 0 Å². The molecule has 1 saturated heterocycles. The summed E-state index contributed by atoms with van der Waals surface area (Å²) < 4.78 is 14.2. The predicted molar refractivity (Wildman–Crippen MR) is 174 cm³/mol. The lowest BCUT2D eigenvalue weighted by atomic mass is 9.43. The SMILES string of the molecule is CC(C)C[C@H](NC(=O)[C@H](CCCN=C(N)N[N+](=O)[O-])CC(=O)/C=C/c1ccc(Br)cc1)B1O[C@@H]2C[C@H]3C[C@H](C3(C)C)[C@]2(C)O1. The van der Waals surface area contributed by atoms with Gasteiger partial charge in [-0.15, -0.1) is 0 Å². The van der Waals surface area contributed by atoms with E-state index in [-0.39, 0.29) is 54.0 Å². The first kappa shape index (κ1) is 34.1. The molecule has 44 heavy (non-hydrogen) atoms. The second-order valence-corrected chi connectivity index (χ2v) is 14.5. The molecule has 240 valence electrons. The van der Waals surface area contributed by atoms with Gasteiger partial charge in [0.15, 0.2) is 10.8 Å². The van der Waals surface area contributed by atoms with E-state index < -0.39 is 23.7 Å². The molecule has 3 aliphatic carbocycles. The Balaban J connectivity index is 1.45. The second kappa shape index (κ2) is 14.1. The van der Waals surface area contributed by atoms with Gasteiger partial charge in [-0.3, -0.25) is 9.59 Å². The van der Waals surface area contributed by atoms with Crippen molar-refractivity contribution in [2.75, 3.05) is 6.54 Å². The van der Waals surface area contributed by atoms with Crippen LogP contribution in [-0.2, 0) is 18.9 Å². The summed E-state index contributed by atoms with van der Waals surface area (Å²) in [5.74, 6) is -0.471. The third-order valence-electron chi connectivity index (χ3n) is 9.70. The van der Waals surface area contributed by atoms with E-state index in [1.165, 1.54) is 6.08 Å². The van der Waals surface area contributed by atoms with Crippen molar-refractivity contribution < 1.29 is 23.9 Å². The number of halogens is 1. The first-order valence-electron chi connectivity index (χ1n) is 15.5. The van der Waals surface area contributed by atoms with E-state index in [2.05, 4.69) is 60.9 Å². The zero-order valence-electron chi connectivity index (χ0n) is 26.3. The smallest absolute Gasteiger partial charge is 0.404 e. The average molecular weight is 674 g/mol. The highest BCUT2D eigenvalue weighted by Crippen LogP contribution is 2.65. The summed E-state index contributed by atoms with van der Waals surface area (Å²) in [7, 11) is -0.572. The molecule has 6 atom stereocenters. The van der Waals surface area contributed by atoms with Crippen molar-refractivity contribution in [2.24, 2.45) is 39.8 Å². The summed E-state index contributed by atoms with van der Waals surface area (Å²) in [5.41, 5.74) is 8.02. The van der Waals surface area contributed by atoms with Crippen molar-refractivity contribution >= 4 is 46.8 Å². The maximum absolute atomic E-state index is 13.8. The molecule has 0 radical (unpaired) electrons. The minimum atomic E-state index is -0.783. The van der Waals surface area contributed by atoms with Gasteiger partial charge in [-0.2, -0.15) is 0 Å². The summed E-state index contributed by atoms with van der Waals surface area (Å²) in [6, 6.07) is 7.56. The molecular weight excluding hydrogens is 629 g/mol. The molecule has 4 fully saturated rings. The molecule has 0 unspecified atom stereocenters. The van der Waals surface area contributed by atoms with E-state index in [1.807, 2.05) is 29.7 Å². The molecule has 3 saturated carbocycles. The molecular formula is C31H45BBrN5O6. The number of guanidine groups is 1. The fourth-order valence-corrected chi connectivity index (χ4v) is 7.45. The van der Waals surface area contributed by atoms with Gasteiger partial charge in [0.05, 0.1) is 17.6 Å². The minimum Gasteiger partial charge on any atom is -0.404 e. The summed E-state index contributed by atoms with van der Waals surface area (Å²) in [6.45, 7) is 11.1. The zero-order valence-corrected chi connectivity index (χ0v) is 27.8. The number of ketones is 1. The van der Waals surface area contributed by atoms with Gasteiger partial charge in [-0.1, -0.05) is 67.3 Å². The number of carbonyl (C=O) groups is 2. The van der Waals surface area contributed by atoms with Crippen LogP contribution in [0.25, 0.3) is 6.08 Å². The quantitative estimate of drug-likeness (QED) is 0.0487. The molecule has 1 aromatic rings. The normalized spacial score (nSPS) is 27.0. The number of benzene rings is 1. The van der Waals surface area contributed by atoms with Crippen molar-refractivity contribution in [1.29, 1.82) is 0 Å². The van der Waals surface area contributed by atoms with E-state index in [0.29, 0.717) is 31.1 Å². The zero-order chi connectivity index (χ0) is 32.2. The van der Waals surface area contributed by atoms with E-state index in [4.69, 9.17) is 15.0 Å². The van der Waals surface area contributed by atoms with Crippen LogP contribution in [-0.4, -0.2) is 54.0 Å². The fourth-order valence-electron chi connectivity index (χ4n) is 7.18. The molecule has 5 rings (SSSR count). The average Bonchev–Trinajstić information content (AvgIpc) is 3.30. The first-order chi connectivity index (χ1) is 20.7. The molecule has 4 N–H and O–H groups in total. The van der Waals surface area contributed by atoms with Gasteiger partial charge < -0.3 is 20.4 Å². The topological polar surface area (TPSA) is 158 Å². The second-order valence-electron chi connectivity index (χ2n) is 13.6. The number of nitrogens with two attached hydrogens (primary N) is 1. The Morgan fingerprint density at radius 1 is 1.25 bits per heavy atom. The molecule has 11 nitrogen and oxygen atoms in total. The molecule has 1 aliphatic heterocycles. The summed E-state index contributed by atoms with van der Waals surface area (Å²) >= 11 is 3.41. The van der Waals surface area contributed by atoms with Crippen molar-refractivity contribution in [3.05, 3.63) is 50.5 Å². The standard InChI is InChI=1S/C31H45BBrN5O6/c1-19(2)15-27(32-43-26-18-22-17-25(30(22,3)4)31(26,5)44-32)36-28(40)21(7-6-14-35-29(34)37-38(41)42)16-24(39)13-10-20-8-11-23(33)12-9-20/h8-13,19,21-22,25-27H,6-7,14-18H2,1-5H3,(H,36,40)(H3,34,35,37)/b13-10+/t21-,22-,25-,26-,27+,31+/m1/s1. The number of carbonyl (C=O) groups excluding carboxylic acids is 2. The van der Waals surface area contributed by atoms with Crippen molar-refractivity contribution in [2.45, 2.75) is 90.8 Å². The summed E-state index contributed by atoms with van der Waals surface area (Å²) in [6.07, 6.45) is 6.73. The molecule has 1 amide bonds. The Labute approximate surface area is 268 Å². The predicted octanol–water partition coefficient (Wildman–Crippen LogP) is 4.71. The molecule has 1 heterocycles. The van der Waals surface area contributed by atoms with Gasteiger partial charge in [-0.05, 0) is 86.0 Å². The number of nitrogens with zero attached hydrogens (tertiary/aromatic N) is 2. The van der Waals surface area contributed by atoms with E-state index in [9.17, 15) is 19.7 Å². The molecule has 13 heteroatoms. The highest BCUT2D eigenvalue weighted by atomic mass is 79.9. The van der Waals surface area contributed by atoms with Crippen molar-refractivity contribution in [3.8, 4) is 0 Å². The number of aliphatic imine (C=N–C) groups is 1. The molecule has 1 aromatic carbocycles. The van der Waals surface area contributed by atoms with Gasteiger partial charge >= 0.3 is 7.12 Å². The van der Waals surface area contributed by atoms with Gasteiger partial charge in [-0.25, -0.2) is 15.1 Å². The highest BCUT2D eigenvalue weighted by molar-refractivity contribution is 9.10. The Morgan fingerprint density at radius 3 is 2.59 bits per heavy atom. The van der Waals surface area contributed by atoms with Crippen LogP contribution < -0.4 is 16.5 Å². The molecule has 0 aromatic heterocycles. The van der Waals surface area contributed by atoms with Gasteiger partial charge in [0.25, 0.3) is 5.96 Å². The fraction of sp³-hybridized carbons (Fsp3) is 0.645. The van der Waals surface area contributed by atoms with Crippen LogP contribution in [0.15, 0.2) is 39.8 Å². The Kier molecular flexibility index (Phi) is 10.9. The molecule has 4 aliphatic rings. The van der Waals surface area contributed by atoms with Crippen LogP contribution in [0.4, 0.5) is 0 Å². The van der Waals surface area contributed by atoms with Crippen molar-refractivity contribution in [3.63, 3.8) is 0 Å². The van der Waals surface area contributed by atoms with Crippen LogP contribution in [0.1, 0.15) is 78.7 Å². The maximum atomic E-state index is 13.8. The third kappa shape index (κ3) is 8.08. The van der Waals surface area contributed by atoms with E-state index >= 15 is 0 Å². The number of amides is 1. The van der Waals surface area contributed by atoms with Crippen LogP contribution in [0.2, 0.25) is 0 Å². The number of hydrogen-bond acceptors (Lipinski definition) is 7. The number of allylic oxidation sites excluding steroid dienone is 1. The van der Waals surface area contributed by atoms with Crippen LogP contribution >= 0.6 is 15.9 Å². The number of hydrazine groups is 1. The summed E-state index contributed by atoms with van der Waals surface area (Å²) in [5, 5.41) is 13.0. The number of rotatable bonds is 14. The Hall–Kier alpha value is -2.77. The minimum absolute atomic E-state index is 0.00423. The van der Waals surface area contributed by atoms with Crippen LogP contribution in [0.5, 0.6) is 0 Å². The van der Waals surface area contributed by atoms with Crippen molar-refractivity contribution in [1.82, 2.24) is 10.7 Å². The lowest BCUT2D eigenvalue weighted by Crippen LogP contribution is -2.65. The lowest BCUT2D eigenvalue weighted by Gasteiger charge is -2.64. The first-order valence-corrected chi connectivity index (χ1v) is 16.3. The lowest BCUT2D eigenvalue weighted by molar-refractivity contribution is -0.525.